The van der Waals surface area contributed by atoms with E-state index in [1.165, 1.54) is 38.6 Å². The van der Waals surface area contributed by atoms with Crippen LogP contribution in [0.2, 0.25) is 0 Å². The fourth-order valence-corrected chi connectivity index (χ4v) is 3.18. The molecule has 2 rings (SSSR count). The zero-order valence-corrected chi connectivity index (χ0v) is 10.5. The third kappa shape index (κ3) is 2.76. The van der Waals surface area contributed by atoms with Crippen LogP contribution < -0.4 is 5.73 Å². The summed E-state index contributed by atoms with van der Waals surface area (Å²) in [7, 11) is 0. The first-order chi connectivity index (χ1) is 7.83. The zero-order chi connectivity index (χ0) is 11.4. The first kappa shape index (κ1) is 12.3. The van der Waals surface area contributed by atoms with Gasteiger partial charge in [0.05, 0.1) is 6.61 Å². The number of rotatable bonds is 3. The van der Waals surface area contributed by atoms with Gasteiger partial charge in [0.1, 0.15) is 0 Å². The smallest absolute Gasteiger partial charge is 0.0637 e. The van der Waals surface area contributed by atoms with Crippen molar-refractivity contribution in [3.05, 3.63) is 0 Å². The van der Waals surface area contributed by atoms with Crippen LogP contribution in [-0.4, -0.2) is 42.8 Å². The van der Waals surface area contributed by atoms with Crippen molar-refractivity contribution >= 4 is 0 Å². The number of hydrogen-bond acceptors (Lipinski definition) is 3. The minimum atomic E-state index is 0.325. The summed E-state index contributed by atoms with van der Waals surface area (Å²) in [6, 6.07) is 1.56. The lowest BCUT2D eigenvalue weighted by Gasteiger charge is -2.45. The van der Waals surface area contributed by atoms with E-state index in [0.29, 0.717) is 12.1 Å². The predicted octanol–water partition coefficient (Wildman–Crippen LogP) is 1.76. The van der Waals surface area contributed by atoms with Crippen LogP contribution in [0.25, 0.3) is 0 Å². The van der Waals surface area contributed by atoms with Crippen molar-refractivity contribution in [2.75, 3.05) is 19.8 Å². The molecule has 2 fully saturated rings. The van der Waals surface area contributed by atoms with E-state index in [2.05, 4.69) is 11.8 Å². The number of piperidine rings is 1. The van der Waals surface area contributed by atoms with Gasteiger partial charge in [-0.05, 0) is 32.2 Å². The minimum Gasteiger partial charge on any atom is -0.380 e. The number of ether oxygens (including phenoxy) is 1. The second-order valence-corrected chi connectivity index (χ2v) is 5.27. The number of nitrogens with two attached hydrogens (primary N) is 1. The van der Waals surface area contributed by atoms with Crippen molar-refractivity contribution in [2.45, 2.75) is 63.6 Å². The van der Waals surface area contributed by atoms with Crippen LogP contribution in [0.1, 0.15) is 45.4 Å². The van der Waals surface area contributed by atoms with Crippen molar-refractivity contribution in [1.82, 2.24) is 4.90 Å². The third-order valence-electron chi connectivity index (χ3n) is 4.10. The van der Waals surface area contributed by atoms with Crippen molar-refractivity contribution in [3.63, 3.8) is 0 Å². The molecule has 94 valence electrons. The van der Waals surface area contributed by atoms with E-state index in [4.69, 9.17) is 10.5 Å². The summed E-state index contributed by atoms with van der Waals surface area (Å²) in [5, 5.41) is 0. The molecule has 0 spiro atoms. The normalized spacial score (nSPS) is 37.5. The highest BCUT2D eigenvalue weighted by Gasteiger charge is 2.33. The fraction of sp³-hybridized carbons (Fsp3) is 1.00. The molecule has 0 bridgehead atoms. The number of likely N-dealkylation sites (tertiary alicyclic amines) is 1. The van der Waals surface area contributed by atoms with E-state index < -0.39 is 0 Å². The summed E-state index contributed by atoms with van der Waals surface area (Å²) in [4.78, 5) is 2.65. The molecule has 0 amide bonds. The Morgan fingerprint density at radius 3 is 2.94 bits per heavy atom. The van der Waals surface area contributed by atoms with Gasteiger partial charge < -0.3 is 10.5 Å². The topological polar surface area (TPSA) is 38.5 Å². The Morgan fingerprint density at radius 1 is 1.31 bits per heavy atom. The second-order valence-electron chi connectivity index (χ2n) is 5.27. The first-order valence-electron chi connectivity index (χ1n) is 6.92. The molecule has 3 heteroatoms. The maximum atomic E-state index is 6.25. The highest BCUT2D eigenvalue weighted by atomic mass is 16.5. The Hall–Kier alpha value is -0.120. The van der Waals surface area contributed by atoms with Crippen LogP contribution >= 0.6 is 0 Å². The van der Waals surface area contributed by atoms with Gasteiger partial charge >= 0.3 is 0 Å². The molecular formula is C13H26N2O. The van der Waals surface area contributed by atoms with Gasteiger partial charge in [0.2, 0.25) is 0 Å². The molecule has 3 nitrogen and oxygen atoms in total. The van der Waals surface area contributed by atoms with Crippen LogP contribution in [0.3, 0.4) is 0 Å². The summed E-state index contributed by atoms with van der Waals surface area (Å²) in [5.41, 5.74) is 6.25. The van der Waals surface area contributed by atoms with Gasteiger partial charge in [-0.3, -0.25) is 4.90 Å². The Balaban J connectivity index is 1.97. The molecule has 3 unspecified atom stereocenters. The van der Waals surface area contributed by atoms with Crippen LogP contribution in [0, 0.1) is 0 Å². The van der Waals surface area contributed by atoms with Crippen LogP contribution in [0.5, 0.6) is 0 Å². The molecule has 0 aromatic heterocycles. The second kappa shape index (κ2) is 5.99. The van der Waals surface area contributed by atoms with Crippen LogP contribution in [-0.2, 0) is 4.74 Å². The zero-order valence-electron chi connectivity index (χ0n) is 10.5. The van der Waals surface area contributed by atoms with E-state index in [9.17, 15) is 0 Å². The van der Waals surface area contributed by atoms with E-state index in [0.717, 1.165) is 25.7 Å². The molecule has 2 saturated heterocycles. The SMILES string of the molecule is CCCC1CCCCN1C1COCCC1N. The average molecular weight is 226 g/mol. The standard InChI is InChI=1S/C13H26N2O/c1-2-5-11-6-3-4-8-15(11)13-10-16-9-7-12(13)14/h11-13H,2-10,14H2,1H3. The summed E-state index contributed by atoms with van der Waals surface area (Å²) in [6.45, 7) is 5.21. The summed E-state index contributed by atoms with van der Waals surface area (Å²) in [5.74, 6) is 0. The molecule has 0 aromatic rings. The van der Waals surface area contributed by atoms with Crippen LogP contribution in [0.15, 0.2) is 0 Å². The maximum Gasteiger partial charge on any atom is 0.0637 e. The lowest BCUT2D eigenvalue weighted by atomic mass is 9.93. The van der Waals surface area contributed by atoms with E-state index in [1.807, 2.05) is 0 Å². The molecule has 0 aliphatic carbocycles. The van der Waals surface area contributed by atoms with Crippen molar-refractivity contribution in [2.24, 2.45) is 5.73 Å². The summed E-state index contributed by atoms with van der Waals surface area (Å²) >= 11 is 0. The predicted molar refractivity (Wildman–Crippen MR) is 66.5 cm³/mol. The average Bonchev–Trinajstić information content (AvgIpc) is 2.31. The quantitative estimate of drug-likeness (QED) is 0.797. The van der Waals surface area contributed by atoms with E-state index in [-0.39, 0.29) is 0 Å². The third-order valence-corrected chi connectivity index (χ3v) is 4.10. The lowest BCUT2D eigenvalue weighted by Crippen LogP contribution is -2.58. The van der Waals surface area contributed by atoms with Gasteiger partial charge in [-0.15, -0.1) is 0 Å². The lowest BCUT2D eigenvalue weighted by molar-refractivity contribution is -0.0238. The molecule has 2 aliphatic heterocycles. The van der Waals surface area contributed by atoms with Gasteiger partial charge in [0.15, 0.2) is 0 Å². The van der Waals surface area contributed by atoms with Crippen molar-refractivity contribution in [1.29, 1.82) is 0 Å². The molecule has 16 heavy (non-hydrogen) atoms. The van der Waals surface area contributed by atoms with E-state index in [1.54, 1.807) is 0 Å². The molecule has 2 aliphatic rings. The minimum absolute atomic E-state index is 0.325. The van der Waals surface area contributed by atoms with Gasteiger partial charge in [-0.25, -0.2) is 0 Å². The van der Waals surface area contributed by atoms with Gasteiger partial charge in [0.25, 0.3) is 0 Å². The summed E-state index contributed by atoms with van der Waals surface area (Å²) in [6.07, 6.45) is 7.72. The Labute approximate surface area is 99.3 Å². The van der Waals surface area contributed by atoms with Crippen LogP contribution in [0.4, 0.5) is 0 Å². The number of nitrogens with zero attached hydrogens (tertiary/aromatic N) is 1. The molecule has 2 N–H and O–H groups in total. The van der Waals surface area contributed by atoms with Crippen molar-refractivity contribution < 1.29 is 4.74 Å². The van der Waals surface area contributed by atoms with Gasteiger partial charge in [0, 0.05) is 24.7 Å². The summed E-state index contributed by atoms with van der Waals surface area (Å²) < 4.78 is 5.61. The van der Waals surface area contributed by atoms with E-state index >= 15 is 0 Å². The Morgan fingerprint density at radius 2 is 2.19 bits per heavy atom. The molecule has 0 saturated carbocycles. The number of hydrogen-bond donors (Lipinski definition) is 1. The van der Waals surface area contributed by atoms with Crippen molar-refractivity contribution in [3.8, 4) is 0 Å². The highest BCUT2D eigenvalue weighted by molar-refractivity contribution is 4.90. The fourth-order valence-electron chi connectivity index (χ4n) is 3.18. The van der Waals surface area contributed by atoms with Gasteiger partial charge in [-0.1, -0.05) is 19.8 Å². The molecule has 0 aromatic carbocycles. The molecule has 0 radical (unpaired) electrons. The monoisotopic (exact) mass is 226 g/mol. The first-order valence-corrected chi connectivity index (χ1v) is 6.92. The molecule has 2 heterocycles. The maximum absolute atomic E-state index is 6.25. The highest BCUT2D eigenvalue weighted by Crippen LogP contribution is 2.26. The molecule has 3 atom stereocenters. The van der Waals surface area contributed by atoms with Gasteiger partial charge in [-0.2, -0.15) is 0 Å². The largest absolute Gasteiger partial charge is 0.380 e. The molecular weight excluding hydrogens is 200 g/mol. The Kier molecular flexibility index (Phi) is 4.62. The Bertz CT molecular complexity index is 208.